The van der Waals surface area contributed by atoms with Crippen LogP contribution in [0.25, 0.3) is 5.65 Å². The molecule has 2 heterocycles. The monoisotopic (exact) mass is 245 g/mol. The summed E-state index contributed by atoms with van der Waals surface area (Å²) in [6.07, 6.45) is 6.83. The molecule has 0 amide bonds. The van der Waals surface area contributed by atoms with Gasteiger partial charge in [-0.15, -0.1) is 0 Å². The molecule has 0 bridgehead atoms. The van der Waals surface area contributed by atoms with Crippen LogP contribution in [0.2, 0.25) is 0 Å². The van der Waals surface area contributed by atoms with Crippen LogP contribution in [0.3, 0.4) is 0 Å². The Hall–Kier alpha value is -1.39. The Kier molecular flexibility index (Phi) is 3.30. The highest BCUT2D eigenvalue weighted by atomic mass is 16.5. The number of imidazole rings is 1. The number of hydrogen-bond acceptors (Lipinski definition) is 3. The number of hydrogen-bond donors (Lipinski definition) is 1. The predicted molar refractivity (Wildman–Crippen MR) is 70.5 cm³/mol. The quantitative estimate of drug-likeness (QED) is 0.875. The van der Waals surface area contributed by atoms with Gasteiger partial charge in [0.2, 0.25) is 0 Å². The molecular weight excluding hydrogens is 226 g/mol. The average Bonchev–Trinajstić information content (AvgIpc) is 2.74. The molecule has 1 saturated carbocycles. The van der Waals surface area contributed by atoms with Crippen molar-refractivity contribution in [3.63, 3.8) is 0 Å². The normalized spacial score (nSPS) is 23.2. The van der Waals surface area contributed by atoms with Crippen molar-refractivity contribution in [3.05, 3.63) is 36.3 Å². The van der Waals surface area contributed by atoms with Crippen molar-refractivity contribution in [1.82, 2.24) is 14.7 Å². The summed E-state index contributed by atoms with van der Waals surface area (Å²) < 4.78 is 7.60. The Bertz CT molecular complexity index is 483. The molecule has 0 aliphatic heterocycles. The molecule has 3 rings (SSSR count). The highest BCUT2D eigenvalue weighted by Gasteiger charge is 2.28. The largest absolute Gasteiger partial charge is 0.378 e. The van der Waals surface area contributed by atoms with Gasteiger partial charge in [-0.1, -0.05) is 6.07 Å². The fourth-order valence-electron chi connectivity index (χ4n) is 2.43. The van der Waals surface area contributed by atoms with Gasteiger partial charge in [-0.3, -0.25) is 0 Å². The fraction of sp³-hybridized carbons (Fsp3) is 0.500. The van der Waals surface area contributed by atoms with Gasteiger partial charge in [-0.25, -0.2) is 4.98 Å². The third kappa shape index (κ3) is 2.40. The fourth-order valence-corrected chi connectivity index (χ4v) is 2.43. The van der Waals surface area contributed by atoms with Crippen molar-refractivity contribution in [3.8, 4) is 0 Å². The number of aromatic nitrogens is 2. The molecule has 0 spiro atoms. The topological polar surface area (TPSA) is 38.6 Å². The Morgan fingerprint density at radius 1 is 1.44 bits per heavy atom. The van der Waals surface area contributed by atoms with Crippen molar-refractivity contribution >= 4 is 5.65 Å². The van der Waals surface area contributed by atoms with Crippen LogP contribution in [0.4, 0.5) is 0 Å². The van der Waals surface area contributed by atoms with E-state index in [1.54, 1.807) is 0 Å². The van der Waals surface area contributed by atoms with Crippen molar-refractivity contribution < 1.29 is 4.74 Å². The summed E-state index contributed by atoms with van der Waals surface area (Å²) in [5.74, 6) is 0. The van der Waals surface area contributed by atoms with Gasteiger partial charge in [0, 0.05) is 31.6 Å². The van der Waals surface area contributed by atoms with Gasteiger partial charge in [0.15, 0.2) is 0 Å². The summed E-state index contributed by atoms with van der Waals surface area (Å²) >= 11 is 0. The maximum absolute atomic E-state index is 5.55. The van der Waals surface area contributed by atoms with Crippen molar-refractivity contribution in [2.45, 2.75) is 38.5 Å². The maximum atomic E-state index is 5.55. The molecule has 1 aliphatic rings. The van der Waals surface area contributed by atoms with Gasteiger partial charge in [0.1, 0.15) is 5.65 Å². The molecule has 1 fully saturated rings. The Balaban J connectivity index is 1.52. The molecule has 0 saturated heterocycles. The number of nitrogens with zero attached hydrogens (tertiary/aromatic N) is 2. The van der Waals surface area contributed by atoms with E-state index in [-0.39, 0.29) is 0 Å². The molecule has 0 aromatic carbocycles. The summed E-state index contributed by atoms with van der Waals surface area (Å²) in [5.41, 5.74) is 2.11. The second-order valence-corrected chi connectivity index (χ2v) is 4.82. The van der Waals surface area contributed by atoms with Gasteiger partial charge >= 0.3 is 0 Å². The first kappa shape index (κ1) is 11.7. The van der Waals surface area contributed by atoms with Crippen LogP contribution in [-0.4, -0.2) is 28.1 Å². The third-order valence-electron chi connectivity index (χ3n) is 3.48. The highest BCUT2D eigenvalue weighted by Crippen LogP contribution is 2.23. The minimum Gasteiger partial charge on any atom is -0.378 e. The van der Waals surface area contributed by atoms with E-state index in [4.69, 9.17) is 4.74 Å². The summed E-state index contributed by atoms with van der Waals surface area (Å²) in [6.45, 7) is 3.71. The highest BCUT2D eigenvalue weighted by molar-refractivity contribution is 5.39. The lowest BCUT2D eigenvalue weighted by Gasteiger charge is -2.35. The van der Waals surface area contributed by atoms with E-state index < -0.39 is 0 Å². The standard InChI is InChI=1S/C14H19N3O/c1-2-18-13-7-11(8-13)15-9-12-10-17-6-4-3-5-14(17)16-12/h3-6,10-11,13,15H,2,7-9H2,1H3. The van der Waals surface area contributed by atoms with E-state index in [0.717, 1.165) is 37.3 Å². The van der Waals surface area contributed by atoms with Gasteiger partial charge in [-0.2, -0.15) is 0 Å². The van der Waals surface area contributed by atoms with Crippen LogP contribution in [-0.2, 0) is 11.3 Å². The summed E-state index contributed by atoms with van der Waals surface area (Å²) in [4.78, 5) is 4.57. The predicted octanol–water partition coefficient (Wildman–Crippen LogP) is 1.99. The lowest BCUT2D eigenvalue weighted by molar-refractivity contribution is -0.0103. The molecule has 4 heteroatoms. The minimum absolute atomic E-state index is 0.466. The van der Waals surface area contributed by atoms with E-state index in [2.05, 4.69) is 27.8 Å². The van der Waals surface area contributed by atoms with Crippen molar-refractivity contribution in [2.24, 2.45) is 0 Å². The first-order valence-corrected chi connectivity index (χ1v) is 6.62. The number of ether oxygens (including phenoxy) is 1. The minimum atomic E-state index is 0.466. The third-order valence-corrected chi connectivity index (χ3v) is 3.48. The van der Waals surface area contributed by atoms with Gasteiger partial charge in [0.25, 0.3) is 0 Å². The molecular formula is C14H19N3O. The molecule has 4 nitrogen and oxygen atoms in total. The van der Waals surface area contributed by atoms with E-state index >= 15 is 0 Å². The number of pyridine rings is 1. The molecule has 1 N–H and O–H groups in total. The van der Waals surface area contributed by atoms with E-state index in [0.29, 0.717) is 12.1 Å². The number of nitrogens with one attached hydrogen (secondary N) is 1. The molecule has 96 valence electrons. The van der Waals surface area contributed by atoms with E-state index in [1.807, 2.05) is 24.4 Å². The summed E-state index contributed by atoms with van der Waals surface area (Å²) in [5, 5.41) is 3.53. The lowest BCUT2D eigenvalue weighted by atomic mass is 9.89. The zero-order valence-electron chi connectivity index (χ0n) is 10.7. The maximum Gasteiger partial charge on any atom is 0.137 e. The first-order valence-electron chi connectivity index (χ1n) is 6.62. The van der Waals surface area contributed by atoms with Crippen molar-refractivity contribution in [2.75, 3.05) is 6.61 Å². The van der Waals surface area contributed by atoms with E-state index in [9.17, 15) is 0 Å². The smallest absolute Gasteiger partial charge is 0.137 e. The van der Waals surface area contributed by atoms with Crippen LogP contribution in [0.1, 0.15) is 25.5 Å². The van der Waals surface area contributed by atoms with Gasteiger partial charge < -0.3 is 14.5 Å². The Labute approximate surface area is 107 Å². The lowest BCUT2D eigenvalue weighted by Crippen LogP contribution is -2.45. The molecule has 1 aliphatic carbocycles. The van der Waals surface area contributed by atoms with Crippen LogP contribution >= 0.6 is 0 Å². The Morgan fingerprint density at radius 2 is 2.33 bits per heavy atom. The second kappa shape index (κ2) is 5.08. The van der Waals surface area contributed by atoms with Crippen LogP contribution in [0, 0.1) is 0 Å². The molecule has 0 radical (unpaired) electrons. The SMILES string of the molecule is CCOC1CC(NCc2cn3ccccc3n2)C1. The molecule has 0 unspecified atom stereocenters. The van der Waals surface area contributed by atoms with Crippen LogP contribution in [0.5, 0.6) is 0 Å². The molecule has 18 heavy (non-hydrogen) atoms. The molecule has 0 atom stereocenters. The van der Waals surface area contributed by atoms with Crippen LogP contribution < -0.4 is 5.32 Å². The summed E-state index contributed by atoms with van der Waals surface area (Å²) in [6, 6.07) is 6.65. The van der Waals surface area contributed by atoms with Gasteiger partial charge in [-0.05, 0) is 31.9 Å². The Morgan fingerprint density at radius 3 is 3.11 bits per heavy atom. The zero-order valence-corrected chi connectivity index (χ0v) is 10.7. The molecule has 2 aromatic heterocycles. The average molecular weight is 245 g/mol. The van der Waals surface area contributed by atoms with E-state index in [1.165, 1.54) is 0 Å². The number of rotatable bonds is 5. The number of fused-ring (bicyclic) bond motifs is 1. The summed E-state index contributed by atoms with van der Waals surface area (Å²) in [7, 11) is 0. The second-order valence-electron chi connectivity index (χ2n) is 4.82. The first-order chi connectivity index (χ1) is 8.85. The van der Waals surface area contributed by atoms with Crippen LogP contribution in [0.15, 0.2) is 30.6 Å². The van der Waals surface area contributed by atoms with Crippen molar-refractivity contribution in [1.29, 1.82) is 0 Å². The molecule has 2 aromatic rings. The zero-order chi connectivity index (χ0) is 12.4. The van der Waals surface area contributed by atoms with Gasteiger partial charge in [0.05, 0.1) is 11.8 Å².